The highest BCUT2D eigenvalue weighted by Crippen LogP contribution is 2.27. The maximum atomic E-state index is 12.9. The lowest BCUT2D eigenvalue weighted by atomic mass is 10.1. The van der Waals surface area contributed by atoms with Crippen LogP contribution in [0.5, 0.6) is 0 Å². The van der Waals surface area contributed by atoms with Gasteiger partial charge in [0.1, 0.15) is 0 Å². The van der Waals surface area contributed by atoms with Crippen LogP contribution in [0.15, 0.2) is 57.4 Å². The molecule has 0 radical (unpaired) electrons. The van der Waals surface area contributed by atoms with E-state index in [0.29, 0.717) is 16.1 Å². The third-order valence-electron chi connectivity index (χ3n) is 4.59. The number of hydrogen-bond acceptors (Lipinski definition) is 9. The van der Waals surface area contributed by atoms with Crippen molar-refractivity contribution >= 4 is 44.0 Å². The Morgan fingerprint density at radius 1 is 1.15 bits per heavy atom. The summed E-state index contributed by atoms with van der Waals surface area (Å²) < 4.78 is 31.7. The number of carbonyl (C=O) groups is 1. The number of halogens is 1. The fourth-order valence-corrected chi connectivity index (χ4v) is 5.26. The average molecular weight is 505 g/mol. The molecular formula is C20H17ClN6O4S2. The molecular weight excluding hydrogens is 488 g/mol. The number of nitrogens with one attached hydrogen (secondary N) is 1. The molecule has 4 rings (SSSR count). The van der Waals surface area contributed by atoms with Gasteiger partial charge < -0.3 is 4.52 Å². The summed E-state index contributed by atoms with van der Waals surface area (Å²) in [5.41, 5.74) is 1.81. The van der Waals surface area contributed by atoms with Crippen molar-refractivity contribution in [3.05, 3.63) is 70.6 Å². The van der Waals surface area contributed by atoms with E-state index in [0.717, 1.165) is 21.2 Å². The molecule has 0 bridgehead atoms. The molecule has 2 aromatic carbocycles. The van der Waals surface area contributed by atoms with Gasteiger partial charge >= 0.3 is 0 Å². The molecule has 0 fully saturated rings. The van der Waals surface area contributed by atoms with Gasteiger partial charge in [-0.2, -0.15) is 9.29 Å². The summed E-state index contributed by atoms with van der Waals surface area (Å²) in [5.74, 6) is -0.0772. The quantitative estimate of drug-likeness (QED) is 0.377. The normalized spacial score (nSPS) is 11.6. The summed E-state index contributed by atoms with van der Waals surface area (Å²) in [5, 5.41) is 14.5. The molecule has 10 nitrogen and oxygen atoms in total. The maximum Gasteiger partial charge on any atom is 0.272 e. The van der Waals surface area contributed by atoms with E-state index in [1.54, 1.807) is 49.4 Å². The third kappa shape index (κ3) is 4.93. The van der Waals surface area contributed by atoms with Crippen LogP contribution in [0.4, 0.5) is 5.13 Å². The number of rotatable bonds is 7. The standard InChI is InChI=1S/C20H17ClN6O4S2/c1-12-7-3-4-8-13(12)18(28)23-19-24-25-20(32-19)33(29,30)27(2)11-16-22-17(26-31-16)14-9-5-6-10-15(14)21/h3-10H,11H2,1-2H3,(H,23,24,28). The molecule has 0 saturated heterocycles. The molecule has 1 amide bonds. The number of aromatic nitrogens is 4. The van der Waals surface area contributed by atoms with Crippen LogP contribution < -0.4 is 5.32 Å². The van der Waals surface area contributed by atoms with Crippen LogP contribution in [0, 0.1) is 6.92 Å². The van der Waals surface area contributed by atoms with Gasteiger partial charge in [-0.25, -0.2) is 8.42 Å². The Bertz CT molecular complexity index is 1420. The van der Waals surface area contributed by atoms with E-state index < -0.39 is 15.9 Å². The fourth-order valence-electron chi connectivity index (χ4n) is 2.84. The van der Waals surface area contributed by atoms with Gasteiger partial charge in [0.15, 0.2) is 0 Å². The Hall–Kier alpha value is -3.19. The topological polar surface area (TPSA) is 131 Å². The van der Waals surface area contributed by atoms with Crippen LogP contribution >= 0.6 is 22.9 Å². The minimum absolute atomic E-state index is 0.0639. The lowest BCUT2D eigenvalue weighted by Gasteiger charge is -2.11. The zero-order valence-electron chi connectivity index (χ0n) is 17.4. The van der Waals surface area contributed by atoms with E-state index in [-0.39, 0.29) is 27.7 Å². The smallest absolute Gasteiger partial charge is 0.272 e. The Morgan fingerprint density at radius 2 is 1.88 bits per heavy atom. The van der Waals surface area contributed by atoms with E-state index in [1.165, 1.54) is 7.05 Å². The van der Waals surface area contributed by atoms with Gasteiger partial charge in [0, 0.05) is 18.2 Å². The van der Waals surface area contributed by atoms with Crippen LogP contribution in [0.1, 0.15) is 21.8 Å². The van der Waals surface area contributed by atoms with Crippen LogP contribution in [0.2, 0.25) is 5.02 Å². The minimum Gasteiger partial charge on any atom is -0.338 e. The molecule has 4 aromatic rings. The van der Waals surface area contributed by atoms with Gasteiger partial charge in [0.05, 0.1) is 11.6 Å². The Balaban J connectivity index is 1.47. The number of amides is 1. The summed E-state index contributed by atoms with van der Waals surface area (Å²) in [7, 11) is -2.67. The van der Waals surface area contributed by atoms with Gasteiger partial charge in [0.25, 0.3) is 15.9 Å². The summed E-state index contributed by atoms with van der Waals surface area (Å²) in [4.78, 5) is 16.7. The molecule has 0 unspecified atom stereocenters. The summed E-state index contributed by atoms with van der Waals surface area (Å²) in [6, 6.07) is 14.0. The number of sulfonamides is 1. The van der Waals surface area contributed by atoms with Gasteiger partial charge in [-0.15, -0.1) is 10.2 Å². The zero-order chi connectivity index (χ0) is 23.6. The predicted molar refractivity (Wildman–Crippen MR) is 122 cm³/mol. The second kappa shape index (κ2) is 9.35. The number of aryl methyl sites for hydroxylation is 1. The first-order valence-electron chi connectivity index (χ1n) is 9.50. The number of benzene rings is 2. The first-order valence-corrected chi connectivity index (χ1v) is 12.1. The monoisotopic (exact) mass is 504 g/mol. The van der Waals surface area contributed by atoms with Crippen molar-refractivity contribution in [2.75, 3.05) is 12.4 Å². The van der Waals surface area contributed by atoms with Crippen molar-refractivity contribution in [2.24, 2.45) is 0 Å². The first kappa shape index (κ1) is 23.0. The second-order valence-electron chi connectivity index (χ2n) is 6.89. The zero-order valence-corrected chi connectivity index (χ0v) is 19.8. The first-order chi connectivity index (χ1) is 15.8. The van der Waals surface area contributed by atoms with Crippen molar-refractivity contribution < 1.29 is 17.7 Å². The number of anilines is 1. The SMILES string of the molecule is Cc1ccccc1C(=O)Nc1nnc(S(=O)(=O)N(C)Cc2nc(-c3ccccc3Cl)no2)s1. The second-order valence-corrected chi connectivity index (χ2v) is 10.5. The molecule has 0 atom stereocenters. The van der Waals surface area contributed by atoms with E-state index in [9.17, 15) is 13.2 Å². The molecule has 2 heterocycles. The van der Waals surface area contributed by atoms with Crippen LogP contribution in [0.3, 0.4) is 0 Å². The summed E-state index contributed by atoms with van der Waals surface area (Å²) >= 11 is 6.88. The minimum atomic E-state index is -4.02. The van der Waals surface area contributed by atoms with E-state index in [4.69, 9.17) is 16.1 Å². The molecule has 33 heavy (non-hydrogen) atoms. The van der Waals surface area contributed by atoms with E-state index >= 15 is 0 Å². The average Bonchev–Trinajstić information content (AvgIpc) is 3.44. The van der Waals surface area contributed by atoms with Crippen LogP contribution in [-0.4, -0.2) is 46.0 Å². The van der Waals surface area contributed by atoms with Gasteiger partial charge in [-0.1, -0.05) is 58.4 Å². The van der Waals surface area contributed by atoms with Crippen LogP contribution in [0.25, 0.3) is 11.4 Å². The fraction of sp³-hybridized carbons (Fsp3) is 0.150. The van der Waals surface area contributed by atoms with Gasteiger partial charge in [-0.05, 0) is 30.7 Å². The molecule has 0 spiro atoms. The summed E-state index contributed by atoms with van der Waals surface area (Å²) in [6.45, 7) is 1.61. The summed E-state index contributed by atoms with van der Waals surface area (Å²) in [6.07, 6.45) is 0. The molecule has 1 N–H and O–H groups in total. The van der Waals surface area contributed by atoms with Gasteiger partial charge in [-0.3, -0.25) is 10.1 Å². The van der Waals surface area contributed by atoms with Crippen molar-refractivity contribution in [1.82, 2.24) is 24.6 Å². The molecule has 0 aliphatic carbocycles. The largest absolute Gasteiger partial charge is 0.338 e. The molecule has 2 aromatic heterocycles. The highest BCUT2D eigenvalue weighted by molar-refractivity contribution is 7.91. The highest BCUT2D eigenvalue weighted by atomic mass is 35.5. The van der Waals surface area contributed by atoms with Crippen molar-refractivity contribution in [3.63, 3.8) is 0 Å². The lowest BCUT2D eigenvalue weighted by Crippen LogP contribution is -2.26. The van der Waals surface area contributed by atoms with E-state index in [1.807, 2.05) is 6.07 Å². The van der Waals surface area contributed by atoms with Crippen molar-refractivity contribution in [1.29, 1.82) is 0 Å². The maximum absolute atomic E-state index is 12.9. The number of carbonyl (C=O) groups excluding carboxylic acids is 1. The van der Waals surface area contributed by atoms with Crippen molar-refractivity contribution in [3.8, 4) is 11.4 Å². The molecule has 0 saturated carbocycles. The van der Waals surface area contributed by atoms with Crippen molar-refractivity contribution in [2.45, 2.75) is 17.8 Å². The number of hydrogen-bond donors (Lipinski definition) is 1. The molecule has 0 aliphatic heterocycles. The highest BCUT2D eigenvalue weighted by Gasteiger charge is 2.28. The Labute approximate surface area is 198 Å². The molecule has 13 heteroatoms. The van der Waals surface area contributed by atoms with Gasteiger partial charge in [0.2, 0.25) is 21.2 Å². The predicted octanol–water partition coefficient (Wildman–Crippen LogP) is 3.62. The van der Waals surface area contributed by atoms with E-state index in [2.05, 4.69) is 25.7 Å². The molecule has 170 valence electrons. The molecule has 0 aliphatic rings. The van der Waals surface area contributed by atoms with Crippen LogP contribution in [-0.2, 0) is 16.6 Å². The Kier molecular flexibility index (Phi) is 6.51. The third-order valence-corrected chi connectivity index (χ3v) is 7.91. The Morgan fingerprint density at radius 3 is 2.64 bits per heavy atom. The number of nitrogens with zero attached hydrogens (tertiary/aromatic N) is 5. The lowest BCUT2D eigenvalue weighted by molar-refractivity contribution is 0.102.